The Hall–Kier alpha value is -1.06. The SMILES string of the molecule is CC1CCN(S(=O)(=O)NCc2nn[nH]n2)CC1. The highest BCUT2D eigenvalue weighted by molar-refractivity contribution is 7.87. The van der Waals surface area contributed by atoms with Crippen molar-refractivity contribution in [1.82, 2.24) is 29.7 Å². The lowest BCUT2D eigenvalue weighted by molar-refractivity contribution is 0.285. The number of nitrogens with zero attached hydrogens (tertiary/aromatic N) is 4. The number of aromatic nitrogens is 4. The molecule has 1 fully saturated rings. The second-order valence-electron chi connectivity index (χ2n) is 4.24. The molecule has 96 valence electrons. The predicted molar refractivity (Wildman–Crippen MR) is 59.9 cm³/mol. The van der Waals surface area contributed by atoms with Crippen LogP contribution in [0.15, 0.2) is 0 Å². The molecule has 8 nitrogen and oxygen atoms in total. The van der Waals surface area contributed by atoms with E-state index in [-0.39, 0.29) is 6.54 Å². The standard InChI is InChI=1S/C8H16N6O2S/c1-7-2-4-14(5-3-7)17(15,16)9-6-8-10-12-13-11-8/h7,9H,2-6H2,1H3,(H,10,11,12,13). The van der Waals surface area contributed by atoms with Gasteiger partial charge in [0.05, 0.1) is 6.54 Å². The van der Waals surface area contributed by atoms with E-state index >= 15 is 0 Å². The zero-order valence-corrected chi connectivity index (χ0v) is 10.4. The zero-order valence-electron chi connectivity index (χ0n) is 9.63. The third-order valence-electron chi connectivity index (χ3n) is 2.88. The van der Waals surface area contributed by atoms with E-state index in [2.05, 4.69) is 32.3 Å². The summed E-state index contributed by atoms with van der Waals surface area (Å²) in [6.45, 7) is 3.34. The maximum atomic E-state index is 11.9. The lowest BCUT2D eigenvalue weighted by Gasteiger charge is -2.29. The van der Waals surface area contributed by atoms with Gasteiger partial charge in [-0.15, -0.1) is 10.2 Å². The molecule has 1 saturated heterocycles. The van der Waals surface area contributed by atoms with Crippen LogP contribution in [0.5, 0.6) is 0 Å². The second-order valence-corrected chi connectivity index (χ2v) is 5.99. The number of tetrazole rings is 1. The Labute approximate surface area is 100.0 Å². The molecule has 0 amide bonds. The van der Waals surface area contributed by atoms with Crippen LogP contribution in [-0.4, -0.2) is 46.4 Å². The van der Waals surface area contributed by atoms with Gasteiger partial charge in [-0.25, -0.2) is 0 Å². The van der Waals surface area contributed by atoms with Crippen LogP contribution in [0.2, 0.25) is 0 Å². The molecule has 0 aromatic carbocycles. The lowest BCUT2D eigenvalue weighted by Crippen LogP contribution is -2.44. The predicted octanol–water partition coefficient (Wildman–Crippen LogP) is -0.734. The van der Waals surface area contributed by atoms with Gasteiger partial charge in [-0.05, 0) is 18.8 Å². The molecular formula is C8H16N6O2S. The van der Waals surface area contributed by atoms with Crippen LogP contribution in [0.25, 0.3) is 0 Å². The molecule has 1 aliphatic rings. The monoisotopic (exact) mass is 260 g/mol. The number of piperidine rings is 1. The highest BCUT2D eigenvalue weighted by Gasteiger charge is 2.26. The highest BCUT2D eigenvalue weighted by Crippen LogP contribution is 2.17. The van der Waals surface area contributed by atoms with Gasteiger partial charge in [-0.1, -0.05) is 12.1 Å². The Morgan fingerprint density at radius 1 is 1.47 bits per heavy atom. The Morgan fingerprint density at radius 2 is 2.18 bits per heavy atom. The fourth-order valence-electron chi connectivity index (χ4n) is 1.73. The molecule has 0 aliphatic carbocycles. The summed E-state index contributed by atoms with van der Waals surface area (Å²) >= 11 is 0. The minimum absolute atomic E-state index is 0.0604. The van der Waals surface area contributed by atoms with E-state index in [0.717, 1.165) is 12.8 Å². The normalized spacial score (nSPS) is 19.6. The van der Waals surface area contributed by atoms with E-state index in [1.165, 1.54) is 4.31 Å². The minimum Gasteiger partial charge on any atom is -0.195 e. The zero-order chi connectivity index (χ0) is 12.3. The van der Waals surface area contributed by atoms with Crippen molar-refractivity contribution < 1.29 is 8.42 Å². The second kappa shape index (κ2) is 5.07. The van der Waals surface area contributed by atoms with Crippen molar-refractivity contribution in [1.29, 1.82) is 0 Å². The number of aromatic amines is 1. The van der Waals surface area contributed by atoms with Crippen LogP contribution < -0.4 is 4.72 Å². The molecule has 0 unspecified atom stereocenters. The summed E-state index contributed by atoms with van der Waals surface area (Å²) < 4.78 is 27.8. The number of rotatable bonds is 4. The van der Waals surface area contributed by atoms with Gasteiger partial charge in [0.2, 0.25) is 0 Å². The minimum atomic E-state index is -3.42. The smallest absolute Gasteiger partial charge is 0.195 e. The number of hydrogen-bond acceptors (Lipinski definition) is 5. The van der Waals surface area contributed by atoms with Crippen molar-refractivity contribution in [3.63, 3.8) is 0 Å². The molecule has 2 N–H and O–H groups in total. The van der Waals surface area contributed by atoms with Crippen LogP contribution in [0.4, 0.5) is 0 Å². The lowest BCUT2D eigenvalue weighted by atomic mass is 10.0. The quantitative estimate of drug-likeness (QED) is 0.742. The fraction of sp³-hybridized carbons (Fsp3) is 0.875. The van der Waals surface area contributed by atoms with Crippen molar-refractivity contribution in [3.05, 3.63) is 5.82 Å². The van der Waals surface area contributed by atoms with E-state index in [4.69, 9.17) is 0 Å². The maximum Gasteiger partial charge on any atom is 0.279 e. The summed E-state index contributed by atoms with van der Waals surface area (Å²) in [4.78, 5) is 0. The molecular weight excluding hydrogens is 244 g/mol. The Bertz CT molecular complexity index is 437. The van der Waals surface area contributed by atoms with Crippen molar-refractivity contribution >= 4 is 10.2 Å². The molecule has 17 heavy (non-hydrogen) atoms. The first-order chi connectivity index (χ1) is 8.08. The average molecular weight is 260 g/mol. The van der Waals surface area contributed by atoms with Crippen LogP contribution in [-0.2, 0) is 16.8 Å². The van der Waals surface area contributed by atoms with E-state index < -0.39 is 10.2 Å². The first-order valence-electron chi connectivity index (χ1n) is 5.55. The Morgan fingerprint density at radius 3 is 2.76 bits per heavy atom. The maximum absolute atomic E-state index is 11.9. The molecule has 1 aromatic heterocycles. The highest BCUT2D eigenvalue weighted by atomic mass is 32.2. The number of H-pyrrole nitrogens is 1. The molecule has 2 rings (SSSR count). The van der Waals surface area contributed by atoms with Gasteiger partial charge in [0, 0.05) is 13.1 Å². The molecule has 0 bridgehead atoms. The van der Waals surface area contributed by atoms with Gasteiger partial charge in [-0.3, -0.25) is 0 Å². The van der Waals surface area contributed by atoms with E-state index in [1.54, 1.807) is 0 Å². The summed E-state index contributed by atoms with van der Waals surface area (Å²) in [5, 5.41) is 13.0. The molecule has 2 heterocycles. The Kier molecular flexibility index (Phi) is 3.69. The summed E-state index contributed by atoms with van der Waals surface area (Å²) in [5.74, 6) is 0.928. The fourth-order valence-corrected chi connectivity index (χ4v) is 2.92. The van der Waals surface area contributed by atoms with Crippen LogP contribution in [0, 0.1) is 5.92 Å². The van der Waals surface area contributed by atoms with Gasteiger partial charge in [-0.2, -0.15) is 22.7 Å². The van der Waals surface area contributed by atoms with Gasteiger partial charge >= 0.3 is 0 Å². The van der Waals surface area contributed by atoms with Gasteiger partial charge < -0.3 is 0 Å². The van der Waals surface area contributed by atoms with Crippen molar-refractivity contribution in [2.24, 2.45) is 5.92 Å². The van der Waals surface area contributed by atoms with Crippen LogP contribution >= 0.6 is 0 Å². The molecule has 0 spiro atoms. The first kappa shape index (κ1) is 12.4. The summed E-state index contributed by atoms with van der Waals surface area (Å²) in [7, 11) is -3.42. The molecule has 0 radical (unpaired) electrons. The van der Waals surface area contributed by atoms with Gasteiger partial charge in [0.25, 0.3) is 10.2 Å². The largest absolute Gasteiger partial charge is 0.279 e. The summed E-state index contributed by atoms with van der Waals surface area (Å²) in [5.41, 5.74) is 0. The molecule has 9 heteroatoms. The molecule has 1 aliphatic heterocycles. The Balaban J connectivity index is 1.90. The van der Waals surface area contributed by atoms with E-state index in [1.807, 2.05) is 0 Å². The third-order valence-corrected chi connectivity index (χ3v) is 4.44. The van der Waals surface area contributed by atoms with Crippen molar-refractivity contribution in [3.8, 4) is 0 Å². The van der Waals surface area contributed by atoms with Crippen LogP contribution in [0.3, 0.4) is 0 Å². The average Bonchev–Trinajstić information content (AvgIpc) is 2.80. The van der Waals surface area contributed by atoms with E-state index in [0.29, 0.717) is 24.8 Å². The third kappa shape index (κ3) is 3.20. The van der Waals surface area contributed by atoms with Crippen LogP contribution in [0.1, 0.15) is 25.6 Å². The van der Waals surface area contributed by atoms with E-state index in [9.17, 15) is 8.42 Å². The summed E-state index contributed by atoms with van der Waals surface area (Å²) in [6.07, 6.45) is 1.81. The summed E-state index contributed by atoms with van der Waals surface area (Å²) in [6, 6.07) is 0. The van der Waals surface area contributed by atoms with Gasteiger partial charge in [0.1, 0.15) is 0 Å². The first-order valence-corrected chi connectivity index (χ1v) is 6.99. The molecule has 0 saturated carbocycles. The topological polar surface area (TPSA) is 104 Å². The van der Waals surface area contributed by atoms with Gasteiger partial charge in [0.15, 0.2) is 5.82 Å². The number of hydrogen-bond donors (Lipinski definition) is 2. The number of nitrogens with one attached hydrogen (secondary N) is 2. The molecule has 1 aromatic rings. The van der Waals surface area contributed by atoms with Crippen molar-refractivity contribution in [2.45, 2.75) is 26.3 Å². The molecule has 0 atom stereocenters. The van der Waals surface area contributed by atoms with Crippen molar-refractivity contribution in [2.75, 3.05) is 13.1 Å².